The van der Waals surface area contributed by atoms with Crippen LogP contribution in [-0.2, 0) is 0 Å². The first-order valence-electron chi connectivity index (χ1n) is 5.75. The Bertz CT molecular complexity index is 342. The Morgan fingerprint density at radius 2 is 2.13 bits per heavy atom. The molecule has 1 aromatic heterocycles. The molecule has 0 amide bonds. The van der Waals surface area contributed by atoms with Gasteiger partial charge in [-0.15, -0.1) is 0 Å². The standard InChI is InChI=1S/C12H21N3/c1-9-7-15(10-5-6-10)11(14-9)13-8-12(2,3)4/h7,10H,5-6,8H2,1-4H3,(H,13,14). The average Bonchev–Trinajstić information content (AvgIpc) is 2.86. The summed E-state index contributed by atoms with van der Waals surface area (Å²) in [5.74, 6) is 1.05. The molecule has 0 radical (unpaired) electrons. The molecule has 0 aromatic carbocycles. The molecule has 15 heavy (non-hydrogen) atoms. The summed E-state index contributed by atoms with van der Waals surface area (Å²) in [6.07, 6.45) is 4.77. The summed E-state index contributed by atoms with van der Waals surface area (Å²) in [7, 11) is 0. The molecule has 2 rings (SSSR count). The number of nitrogens with one attached hydrogen (secondary N) is 1. The Morgan fingerprint density at radius 3 is 2.67 bits per heavy atom. The Morgan fingerprint density at radius 1 is 1.47 bits per heavy atom. The van der Waals surface area contributed by atoms with E-state index in [1.54, 1.807) is 0 Å². The molecule has 0 spiro atoms. The number of rotatable bonds is 3. The van der Waals surface area contributed by atoms with Crippen molar-refractivity contribution < 1.29 is 0 Å². The van der Waals surface area contributed by atoms with E-state index in [1.165, 1.54) is 12.8 Å². The Hall–Kier alpha value is -0.990. The quantitative estimate of drug-likeness (QED) is 0.825. The van der Waals surface area contributed by atoms with Crippen molar-refractivity contribution in [3.05, 3.63) is 11.9 Å². The SMILES string of the molecule is Cc1cn(C2CC2)c(NCC(C)(C)C)n1. The normalized spacial score (nSPS) is 16.8. The van der Waals surface area contributed by atoms with Crippen LogP contribution in [0.3, 0.4) is 0 Å². The molecule has 0 bridgehead atoms. The highest BCUT2D eigenvalue weighted by Gasteiger charge is 2.26. The number of nitrogens with zero attached hydrogens (tertiary/aromatic N) is 2. The fourth-order valence-corrected chi connectivity index (χ4v) is 1.62. The van der Waals surface area contributed by atoms with E-state index in [1.807, 2.05) is 0 Å². The maximum Gasteiger partial charge on any atom is 0.203 e. The van der Waals surface area contributed by atoms with Crippen molar-refractivity contribution in [3.63, 3.8) is 0 Å². The molecule has 84 valence electrons. The summed E-state index contributed by atoms with van der Waals surface area (Å²) in [5.41, 5.74) is 1.41. The number of aryl methyl sites for hydroxylation is 1. The van der Waals surface area contributed by atoms with Gasteiger partial charge in [-0.3, -0.25) is 0 Å². The third-order valence-corrected chi connectivity index (χ3v) is 2.57. The zero-order chi connectivity index (χ0) is 11.1. The van der Waals surface area contributed by atoms with Crippen molar-refractivity contribution in [2.24, 2.45) is 5.41 Å². The van der Waals surface area contributed by atoms with Gasteiger partial charge in [-0.05, 0) is 25.2 Å². The van der Waals surface area contributed by atoms with E-state index in [-0.39, 0.29) is 0 Å². The van der Waals surface area contributed by atoms with E-state index in [4.69, 9.17) is 0 Å². The molecule has 1 aliphatic carbocycles. The van der Waals surface area contributed by atoms with Crippen LogP contribution in [0.25, 0.3) is 0 Å². The Labute approximate surface area is 91.9 Å². The lowest BCUT2D eigenvalue weighted by molar-refractivity contribution is 0.440. The number of aromatic nitrogens is 2. The van der Waals surface area contributed by atoms with E-state index < -0.39 is 0 Å². The van der Waals surface area contributed by atoms with E-state index in [0.717, 1.165) is 18.2 Å². The van der Waals surface area contributed by atoms with Crippen LogP contribution in [0.4, 0.5) is 5.95 Å². The van der Waals surface area contributed by atoms with E-state index in [2.05, 4.69) is 48.8 Å². The van der Waals surface area contributed by atoms with Gasteiger partial charge in [-0.1, -0.05) is 20.8 Å². The molecule has 1 N–H and O–H groups in total. The summed E-state index contributed by atoms with van der Waals surface area (Å²) in [5, 5.41) is 3.45. The molecule has 3 heteroatoms. The van der Waals surface area contributed by atoms with Crippen LogP contribution >= 0.6 is 0 Å². The average molecular weight is 207 g/mol. The van der Waals surface area contributed by atoms with Gasteiger partial charge >= 0.3 is 0 Å². The van der Waals surface area contributed by atoms with E-state index in [9.17, 15) is 0 Å². The van der Waals surface area contributed by atoms with Gasteiger partial charge in [0, 0.05) is 18.8 Å². The second kappa shape index (κ2) is 3.54. The predicted octanol–water partition coefficient (Wildman–Crippen LogP) is 2.98. The number of imidazole rings is 1. The molecule has 1 aliphatic rings. The first-order valence-corrected chi connectivity index (χ1v) is 5.75. The first kappa shape index (κ1) is 10.5. The molecular formula is C12H21N3. The van der Waals surface area contributed by atoms with Crippen LogP contribution in [0, 0.1) is 12.3 Å². The van der Waals surface area contributed by atoms with Crippen molar-refractivity contribution in [1.29, 1.82) is 0 Å². The summed E-state index contributed by atoms with van der Waals surface area (Å²) >= 11 is 0. The summed E-state index contributed by atoms with van der Waals surface area (Å²) in [6, 6.07) is 0.702. The van der Waals surface area contributed by atoms with Gasteiger partial charge in [0.25, 0.3) is 0 Å². The van der Waals surface area contributed by atoms with Crippen LogP contribution < -0.4 is 5.32 Å². The maximum atomic E-state index is 4.53. The van der Waals surface area contributed by atoms with Crippen LogP contribution in [0.15, 0.2) is 6.20 Å². The molecule has 3 nitrogen and oxygen atoms in total. The third kappa shape index (κ3) is 2.74. The molecule has 0 aliphatic heterocycles. The maximum absolute atomic E-state index is 4.53. The van der Waals surface area contributed by atoms with Crippen molar-refractivity contribution in [2.45, 2.75) is 46.6 Å². The fourth-order valence-electron chi connectivity index (χ4n) is 1.62. The van der Waals surface area contributed by atoms with Gasteiger partial charge in [0.05, 0.1) is 5.69 Å². The number of hydrogen-bond donors (Lipinski definition) is 1. The van der Waals surface area contributed by atoms with Crippen molar-refractivity contribution in [3.8, 4) is 0 Å². The van der Waals surface area contributed by atoms with Crippen molar-refractivity contribution in [1.82, 2.24) is 9.55 Å². The third-order valence-electron chi connectivity index (χ3n) is 2.57. The van der Waals surface area contributed by atoms with Gasteiger partial charge < -0.3 is 9.88 Å². The molecule has 0 saturated heterocycles. The van der Waals surface area contributed by atoms with Crippen LogP contribution in [0.2, 0.25) is 0 Å². The monoisotopic (exact) mass is 207 g/mol. The van der Waals surface area contributed by atoms with Gasteiger partial charge in [-0.2, -0.15) is 0 Å². The van der Waals surface area contributed by atoms with Gasteiger partial charge in [0.15, 0.2) is 0 Å². The molecule has 0 unspecified atom stereocenters. The lowest BCUT2D eigenvalue weighted by atomic mass is 9.97. The lowest BCUT2D eigenvalue weighted by Gasteiger charge is -2.19. The summed E-state index contributed by atoms with van der Waals surface area (Å²) in [4.78, 5) is 4.53. The first-order chi connectivity index (χ1) is 6.96. The molecular weight excluding hydrogens is 186 g/mol. The van der Waals surface area contributed by atoms with E-state index in [0.29, 0.717) is 11.5 Å². The summed E-state index contributed by atoms with van der Waals surface area (Å²) in [6.45, 7) is 9.73. The van der Waals surface area contributed by atoms with Gasteiger partial charge in [0.1, 0.15) is 0 Å². The minimum absolute atomic E-state index is 0.300. The second-order valence-electron chi connectivity index (χ2n) is 5.76. The van der Waals surface area contributed by atoms with Crippen molar-refractivity contribution in [2.75, 3.05) is 11.9 Å². The predicted molar refractivity (Wildman–Crippen MR) is 63.2 cm³/mol. The fraction of sp³-hybridized carbons (Fsp3) is 0.750. The van der Waals surface area contributed by atoms with E-state index >= 15 is 0 Å². The van der Waals surface area contributed by atoms with Crippen LogP contribution in [0.5, 0.6) is 0 Å². The summed E-state index contributed by atoms with van der Waals surface area (Å²) < 4.78 is 2.29. The molecule has 1 saturated carbocycles. The largest absolute Gasteiger partial charge is 0.355 e. The Balaban J connectivity index is 2.06. The highest BCUT2D eigenvalue weighted by molar-refractivity contribution is 5.30. The van der Waals surface area contributed by atoms with Crippen LogP contribution in [-0.4, -0.2) is 16.1 Å². The smallest absolute Gasteiger partial charge is 0.203 e. The number of hydrogen-bond acceptors (Lipinski definition) is 2. The molecule has 0 atom stereocenters. The molecule has 1 heterocycles. The number of anilines is 1. The Kier molecular flexibility index (Phi) is 2.49. The van der Waals surface area contributed by atoms with Crippen LogP contribution in [0.1, 0.15) is 45.3 Å². The lowest BCUT2D eigenvalue weighted by Crippen LogP contribution is -2.20. The minimum atomic E-state index is 0.300. The second-order valence-corrected chi connectivity index (χ2v) is 5.76. The molecule has 1 aromatic rings. The van der Waals surface area contributed by atoms with Gasteiger partial charge in [0.2, 0.25) is 5.95 Å². The van der Waals surface area contributed by atoms with Crippen molar-refractivity contribution >= 4 is 5.95 Å². The topological polar surface area (TPSA) is 29.9 Å². The highest BCUT2D eigenvalue weighted by Crippen LogP contribution is 2.37. The highest BCUT2D eigenvalue weighted by atomic mass is 15.2. The zero-order valence-corrected chi connectivity index (χ0v) is 10.2. The molecule has 1 fully saturated rings. The van der Waals surface area contributed by atoms with Gasteiger partial charge in [-0.25, -0.2) is 4.98 Å². The zero-order valence-electron chi connectivity index (χ0n) is 10.2. The minimum Gasteiger partial charge on any atom is -0.355 e.